The third-order valence-corrected chi connectivity index (χ3v) is 2.70. The van der Waals surface area contributed by atoms with E-state index >= 15 is 0 Å². The predicted molar refractivity (Wildman–Crippen MR) is 67.2 cm³/mol. The Labute approximate surface area is 108 Å². The summed E-state index contributed by atoms with van der Waals surface area (Å²) < 4.78 is 26.3. The summed E-state index contributed by atoms with van der Waals surface area (Å²) in [6.45, 7) is 0. The van der Waals surface area contributed by atoms with Crippen molar-refractivity contribution in [1.29, 1.82) is 0 Å². The molecule has 0 aliphatic carbocycles. The van der Waals surface area contributed by atoms with E-state index in [4.69, 9.17) is 5.11 Å². The second kappa shape index (κ2) is 5.06. The Kier molecular flexibility index (Phi) is 3.46. The third-order valence-electron chi connectivity index (χ3n) is 2.70. The second-order valence-corrected chi connectivity index (χ2v) is 4.00. The van der Waals surface area contributed by atoms with Gasteiger partial charge < -0.3 is 10.0 Å². The van der Waals surface area contributed by atoms with Crippen molar-refractivity contribution in [2.75, 3.05) is 11.9 Å². The monoisotopic (exact) mass is 263 g/mol. The van der Waals surface area contributed by atoms with Gasteiger partial charge in [-0.05, 0) is 36.4 Å². The van der Waals surface area contributed by atoms with Gasteiger partial charge >= 0.3 is 0 Å². The van der Waals surface area contributed by atoms with E-state index in [-0.39, 0.29) is 11.3 Å². The standard InChI is InChI=1S/C14H11F2NO2/c1-17(10-3-5-11(18)6-4-10)14(19)12-7-2-9(15)8-13(12)16/h2-8,18H,1H3. The van der Waals surface area contributed by atoms with Crippen LogP contribution in [0.25, 0.3) is 0 Å². The molecule has 0 aliphatic heterocycles. The molecule has 0 heterocycles. The molecule has 1 N–H and O–H groups in total. The summed E-state index contributed by atoms with van der Waals surface area (Å²) >= 11 is 0. The quantitative estimate of drug-likeness (QED) is 0.905. The van der Waals surface area contributed by atoms with Gasteiger partial charge in [-0.15, -0.1) is 0 Å². The van der Waals surface area contributed by atoms with Gasteiger partial charge in [0, 0.05) is 18.8 Å². The van der Waals surface area contributed by atoms with Crippen LogP contribution in [0.2, 0.25) is 0 Å². The number of carbonyl (C=O) groups excluding carboxylic acids is 1. The van der Waals surface area contributed by atoms with Gasteiger partial charge in [-0.25, -0.2) is 8.78 Å². The lowest BCUT2D eigenvalue weighted by atomic mass is 10.1. The lowest BCUT2D eigenvalue weighted by molar-refractivity contribution is 0.0989. The van der Waals surface area contributed by atoms with Crippen LogP contribution in [-0.4, -0.2) is 18.1 Å². The predicted octanol–water partition coefficient (Wildman–Crippen LogP) is 2.95. The van der Waals surface area contributed by atoms with E-state index in [0.717, 1.165) is 12.1 Å². The number of aromatic hydroxyl groups is 1. The van der Waals surface area contributed by atoms with E-state index < -0.39 is 17.5 Å². The van der Waals surface area contributed by atoms with Gasteiger partial charge in [0.05, 0.1) is 5.56 Å². The number of rotatable bonds is 2. The maximum absolute atomic E-state index is 13.5. The Bertz CT molecular complexity index is 611. The average Bonchev–Trinajstić information content (AvgIpc) is 2.38. The molecule has 19 heavy (non-hydrogen) atoms. The first-order valence-electron chi connectivity index (χ1n) is 5.51. The topological polar surface area (TPSA) is 40.5 Å². The molecule has 0 fully saturated rings. The summed E-state index contributed by atoms with van der Waals surface area (Å²) in [6.07, 6.45) is 0. The highest BCUT2D eigenvalue weighted by atomic mass is 19.1. The lowest BCUT2D eigenvalue weighted by Gasteiger charge is -2.17. The Balaban J connectivity index is 2.30. The highest BCUT2D eigenvalue weighted by molar-refractivity contribution is 6.05. The van der Waals surface area contributed by atoms with Gasteiger partial charge in [0.15, 0.2) is 0 Å². The van der Waals surface area contributed by atoms with Crippen molar-refractivity contribution in [3.8, 4) is 5.75 Å². The Morgan fingerprint density at radius 3 is 2.32 bits per heavy atom. The third kappa shape index (κ3) is 2.70. The van der Waals surface area contributed by atoms with Crippen molar-refractivity contribution in [3.05, 3.63) is 59.7 Å². The van der Waals surface area contributed by atoms with Crippen LogP contribution < -0.4 is 4.90 Å². The number of nitrogens with zero attached hydrogens (tertiary/aromatic N) is 1. The minimum Gasteiger partial charge on any atom is -0.508 e. The van der Waals surface area contributed by atoms with Gasteiger partial charge in [0.2, 0.25) is 0 Å². The fourth-order valence-electron chi connectivity index (χ4n) is 1.64. The summed E-state index contributed by atoms with van der Waals surface area (Å²) in [4.78, 5) is 13.3. The fraction of sp³-hybridized carbons (Fsp3) is 0.0714. The molecule has 2 aromatic rings. The molecular weight excluding hydrogens is 252 g/mol. The molecule has 0 radical (unpaired) electrons. The Morgan fingerprint density at radius 1 is 1.11 bits per heavy atom. The molecular formula is C14H11F2NO2. The molecule has 98 valence electrons. The number of hydrogen-bond donors (Lipinski definition) is 1. The average molecular weight is 263 g/mol. The number of carbonyl (C=O) groups is 1. The molecule has 1 amide bonds. The number of phenols is 1. The SMILES string of the molecule is CN(C(=O)c1ccc(F)cc1F)c1ccc(O)cc1. The van der Waals surface area contributed by atoms with Crippen LogP contribution in [0, 0.1) is 11.6 Å². The van der Waals surface area contributed by atoms with Crippen molar-refractivity contribution in [1.82, 2.24) is 0 Å². The first kappa shape index (κ1) is 13.0. The van der Waals surface area contributed by atoms with Gasteiger partial charge in [-0.1, -0.05) is 0 Å². The summed E-state index contributed by atoms with van der Waals surface area (Å²) in [5.74, 6) is -2.17. The molecule has 0 atom stereocenters. The molecule has 0 bridgehead atoms. The van der Waals surface area contributed by atoms with Gasteiger partial charge in [-0.3, -0.25) is 4.79 Å². The van der Waals surface area contributed by atoms with Crippen molar-refractivity contribution >= 4 is 11.6 Å². The number of phenolic OH excluding ortho intramolecular Hbond substituents is 1. The number of anilines is 1. The van der Waals surface area contributed by atoms with Crippen LogP contribution in [-0.2, 0) is 0 Å². The number of benzene rings is 2. The maximum atomic E-state index is 13.5. The van der Waals surface area contributed by atoms with Crippen LogP contribution in [0.1, 0.15) is 10.4 Å². The summed E-state index contributed by atoms with van der Waals surface area (Å²) in [5, 5.41) is 9.16. The molecule has 3 nitrogen and oxygen atoms in total. The van der Waals surface area contributed by atoms with Crippen LogP contribution >= 0.6 is 0 Å². The molecule has 0 saturated heterocycles. The summed E-state index contributed by atoms with van der Waals surface area (Å²) in [6, 6.07) is 8.67. The molecule has 0 saturated carbocycles. The van der Waals surface area contributed by atoms with Gasteiger partial charge in [0.1, 0.15) is 17.4 Å². The lowest BCUT2D eigenvalue weighted by Crippen LogP contribution is -2.27. The molecule has 0 aliphatic rings. The number of hydrogen-bond acceptors (Lipinski definition) is 2. The zero-order valence-electron chi connectivity index (χ0n) is 10.1. The highest BCUT2D eigenvalue weighted by Gasteiger charge is 2.17. The molecule has 2 rings (SSSR count). The molecule has 5 heteroatoms. The molecule has 0 aromatic heterocycles. The summed E-state index contributed by atoms with van der Waals surface area (Å²) in [7, 11) is 1.47. The maximum Gasteiger partial charge on any atom is 0.260 e. The van der Waals surface area contributed by atoms with E-state index in [1.54, 1.807) is 0 Å². The second-order valence-electron chi connectivity index (χ2n) is 4.00. The van der Waals surface area contributed by atoms with Crippen molar-refractivity contribution in [3.63, 3.8) is 0 Å². The van der Waals surface area contributed by atoms with Crippen LogP contribution in [0.15, 0.2) is 42.5 Å². The summed E-state index contributed by atoms with van der Waals surface area (Å²) in [5.41, 5.74) is 0.281. The van der Waals surface area contributed by atoms with E-state index in [9.17, 15) is 13.6 Å². The zero-order chi connectivity index (χ0) is 14.0. The first-order chi connectivity index (χ1) is 8.99. The van der Waals surface area contributed by atoms with Crippen LogP contribution in [0.3, 0.4) is 0 Å². The van der Waals surface area contributed by atoms with E-state index in [1.807, 2.05) is 0 Å². The van der Waals surface area contributed by atoms with E-state index in [0.29, 0.717) is 11.8 Å². The molecule has 2 aromatic carbocycles. The smallest absolute Gasteiger partial charge is 0.260 e. The van der Waals surface area contributed by atoms with Crippen molar-refractivity contribution < 1.29 is 18.7 Å². The normalized spacial score (nSPS) is 10.3. The van der Waals surface area contributed by atoms with E-state index in [2.05, 4.69) is 0 Å². The Hall–Kier alpha value is -2.43. The van der Waals surface area contributed by atoms with Crippen molar-refractivity contribution in [2.45, 2.75) is 0 Å². The zero-order valence-corrected chi connectivity index (χ0v) is 10.1. The van der Waals surface area contributed by atoms with Crippen LogP contribution in [0.4, 0.5) is 14.5 Å². The minimum atomic E-state index is -0.907. The van der Waals surface area contributed by atoms with Crippen LogP contribution in [0.5, 0.6) is 5.75 Å². The molecule has 0 unspecified atom stereocenters. The highest BCUT2D eigenvalue weighted by Crippen LogP contribution is 2.20. The van der Waals surface area contributed by atoms with Crippen molar-refractivity contribution in [2.24, 2.45) is 0 Å². The fourth-order valence-corrected chi connectivity index (χ4v) is 1.64. The first-order valence-corrected chi connectivity index (χ1v) is 5.51. The largest absolute Gasteiger partial charge is 0.508 e. The van der Waals surface area contributed by atoms with Gasteiger partial charge in [-0.2, -0.15) is 0 Å². The van der Waals surface area contributed by atoms with E-state index in [1.165, 1.54) is 36.2 Å². The number of amides is 1. The minimum absolute atomic E-state index is 0.0672. The number of halogens is 2. The Morgan fingerprint density at radius 2 is 1.74 bits per heavy atom. The van der Waals surface area contributed by atoms with Gasteiger partial charge in [0.25, 0.3) is 5.91 Å². The molecule has 0 spiro atoms.